The number of carbonyl (C=O) groups is 1. The van der Waals surface area contributed by atoms with Gasteiger partial charge in [-0.05, 0) is 43.7 Å². The minimum absolute atomic E-state index is 0.214. The topological polar surface area (TPSA) is 80.5 Å². The molecule has 0 aliphatic carbocycles. The molecule has 0 unspecified atom stereocenters. The molecule has 2 aromatic carbocycles. The number of pyridine rings is 1. The Morgan fingerprint density at radius 3 is 2.70 bits per heavy atom. The van der Waals surface area contributed by atoms with Gasteiger partial charge in [-0.3, -0.25) is 9.55 Å². The summed E-state index contributed by atoms with van der Waals surface area (Å²) >= 11 is 0. The number of morpholine rings is 1. The number of anilines is 1. The van der Waals surface area contributed by atoms with Gasteiger partial charge in [0.1, 0.15) is 11.3 Å². The summed E-state index contributed by atoms with van der Waals surface area (Å²) in [7, 11) is 0. The van der Waals surface area contributed by atoms with E-state index >= 15 is 0 Å². The highest BCUT2D eigenvalue weighted by atomic mass is 16.5. The molecule has 7 heteroatoms. The van der Waals surface area contributed by atoms with Crippen LogP contribution < -0.4 is 4.90 Å². The van der Waals surface area contributed by atoms with Gasteiger partial charge in [0.2, 0.25) is 0 Å². The van der Waals surface area contributed by atoms with Crippen molar-refractivity contribution in [3.05, 3.63) is 59.5 Å². The van der Waals surface area contributed by atoms with Crippen LogP contribution in [-0.4, -0.2) is 51.9 Å². The molecule has 7 nitrogen and oxygen atoms in total. The number of nitrogens with zero attached hydrogens (tertiary/aromatic N) is 4. The monoisotopic (exact) mass is 402 g/mol. The van der Waals surface area contributed by atoms with Crippen LogP contribution in [0.4, 0.5) is 5.69 Å². The standard InChI is InChI=1S/C23H22N4O3/c1-14-4-3-5-18-21(14)19(6-7-24-18)27-15(2)25-22-17(23(28)29)12-16(13-20(22)27)26-8-10-30-11-9-26/h3-7,12-13H,8-11H2,1-2H3,(H,28,29). The summed E-state index contributed by atoms with van der Waals surface area (Å²) in [6.07, 6.45) is 1.78. The summed E-state index contributed by atoms with van der Waals surface area (Å²) in [5.41, 5.74) is 5.33. The largest absolute Gasteiger partial charge is 0.478 e. The maximum absolute atomic E-state index is 12.1. The van der Waals surface area contributed by atoms with E-state index in [-0.39, 0.29) is 5.56 Å². The molecule has 1 aliphatic heterocycles. The fraction of sp³-hybridized carbons (Fsp3) is 0.261. The van der Waals surface area contributed by atoms with Crippen molar-refractivity contribution >= 4 is 33.6 Å². The third-order valence-electron chi connectivity index (χ3n) is 5.71. The summed E-state index contributed by atoms with van der Waals surface area (Å²) in [4.78, 5) is 23.4. The summed E-state index contributed by atoms with van der Waals surface area (Å²) in [6, 6.07) is 11.8. The van der Waals surface area contributed by atoms with Gasteiger partial charge in [0.05, 0.1) is 35.5 Å². The predicted molar refractivity (Wildman–Crippen MR) is 116 cm³/mol. The first kappa shape index (κ1) is 18.6. The molecule has 4 aromatic rings. The van der Waals surface area contributed by atoms with E-state index in [2.05, 4.69) is 27.9 Å². The summed E-state index contributed by atoms with van der Waals surface area (Å²) in [5.74, 6) is -0.238. The van der Waals surface area contributed by atoms with Crippen LogP contribution >= 0.6 is 0 Å². The van der Waals surface area contributed by atoms with E-state index < -0.39 is 5.97 Å². The number of rotatable bonds is 3. The molecule has 2 aromatic heterocycles. The lowest BCUT2D eigenvalue weighted by molar-refractivity contribution is 0.0699. The van der Waals surface area contributed by atoms with Crippen LogP contribution in [-0.2, 0) is 4.74 Å². The highest BCUT2D eigenvalue weighted by Gasteiger charge is 2.22. The van der Waals surface area contributed by atoms with Crippen molar-refractivity contribution in [1.29, 1.82) is 0 Å². The summed E-state index contributed by atoms with van der Waals surface area (Å²) in [6.45, 7) is 6.69. The van der Waals surface area contributed by atoms with Crippen molar-refractivity contribution in [3.8, 4) is 5.69 Å². The molecule has 30 heavy (non-hydrogen) atoms. The second-order valence-corrected chi connectivity index (χ2v) is 7.56. The van der Waals surface area contributed by atoms with Gasteiger partial charge in [-0.2, -0.15) is 0 Å². The maximum atomic E-state index is 12.1. The van der Waals surface area contributed by atoms with E-state index in [4.69, 9.17) is 4.74 Å². The first-order valence-electron chi connectivity index (χ1n) is 9.98. The smallest absolute Gasteiger partial charge is 0.338 e. The second-order valence-electron chi connectivity index (χ2n) is 7.56. The lowest BCUT2D eigenvalue weighted by atomic mass is 10.1. The van der Waals surface area contributed by atoms with Crippen molar-refractivity contribution < 1.29 is 14.6 Å². The Morgan fingerprint density at radius 2 is 1.93 bits per heavy atom. The molecule has 0 amide bonds. The molecule has 0 atom stereocenters. The summed E-state index contributed by atoms with van der Waals surface area (Å²) in [5, 5.41) is 10.9. The molecule has 0 spiro atoms. The highest BCUT2D eigenvalue weighted by molar-refractivity contribution is 6.04. The fourth-order valence-corrected chi connectivity index (χ4v) is 4.30. The van der Waals surface area contributed by atoms with E-state index in [0.29, 0.717) is 18.7 Å². The molecule has 5 rings (SSSR count). The lowest BCUT2D eigenvalue weighted by Crippen LogP contribution is -2.36. The number of carboxylic acid groups (broad SMARTS) is 1. The van der Waals surface area contributed by atoms with Gasteiger partial charge in [-0.25, -0.2) is 9.78 Å². The molecule has 1 aliphatic rings. The number of hydrogen-bond acceptors (Lipinski definition) is 5. The van der Waals surface area contributed by atoms with Crippen LogP contribution in [0.25, 0.3) is 27.6 Å². The average molecular weight is 402 g/mol. The Labute approximate surface area is 173 Å². The minimum Gasteiger partial charge on any atom is -0.478 e. The SMILES string of the molecule is Cc1cccc2nccc(-n3c(C)nc4c(C(=O)O)cc(N5CCOCC5)cc43)c12. The van der Waals surface area contributed by atoms with Gasteiger partial charge in [0.25, 0.3) is 0 Å². The first-order valence-corrected chi connectivity index (χ1v) is 9.98. The number of imidazole rings is 1. The van der Waals surface area contributed by atoms with Crippen molar-refractivity contribution in [2.24, 2.45) is 0 Å². The minimum atomic E-state index is -0.976. The van der Waals surface area contributed by atoms with Gasteiger partial charge in [0.15, 0.2) is 0 Å². The van der Waals surface area contributed by atoms with Crippen LogP contribution in [0, 0.1) is 13.8 Å². The van der Waals surface area contributed by atoms with Crippen LogP contribution in [0.3, 0.4) is 0 Å². The molecule has 3 heterocycles. The lowest BCUT2D eigenvalue weighted by Gasteiger charge is -2.29. The molecule has 1 N–H and O–H groups in total. The average Bonchev–Trinajstić information content (AvgIpc) is 3.09. The Balaban J connectivity index is 1.83. The highest BCUT2D eigenvalue weighted by Crippen LogP contribution is 2.33. The molecular weight excluding hydrogens is 380 g/mol. The number of aromatic carboxylic acids is 1. The van der Waals surface area contributed by atoms with E-state index in [1.807, 2.05) is 35.8 Å². The molecule has 0 saturated carbocycles. The van der Waals surface area contributed by atoms with Crippen LogP contribution in [0.1, 0.15) is 21.7 Å². The Bertz CT molecular complexity index is 1280. The summed E-state index contributed by atoms with van der Waals surface area (Å²) < 4.78 is 7.51. The van der Waals surface area contributed by atoms with Gasteiger partial charge in [-0.15, -0.1) is 0 Å². The molecule has 0 bridgehead atoms. The Hall–Kier alpha value is -3.45. The number of aryl methyl sites for hydroxylation is 2. The number of fused-ring (bicyclic) bond motifs is 2. The number of carboxylic acids is 1. The zero-order valence-electron chi connectivity index (χ0n) is 16.9. The zero-order chi connectivity index (χ0) is 20.8. The second kappa shape index (κ2) is 7.11. The predicted octanol–water partition coefficient (Wildman–Crippen LogP) is 3.73. The van der Waals surface area contributed by atoms with Gasteiger partial charge >= 0.3 is 5.97 Å². The molecule has 1 saturated heterocycles. The quantitative estimate of drug-likeness (QED) is 0.563. The van der Waals surface area contributed by atoms with Crippen LogP contribution in [0.15, 0.2) is 42.6 Å². The van der Waals surface area contributed by atoms with Crippen molar-refractivity contribution in [1.82, 2.24) is 14.5 Å². The van der Waals surface area contributed by atoms with Crippen LogP contribution in [0.5, 0.6) is 0 Å². The normalized spacial score (nSPS) is 14.5. The van der Waals surface area contributed by atoms with E-state index in [9.17, 15) is 9.90 Å². The van der Waals surface area contributed by atoms with Crippen molar-refractivity contribution in [3.63, 3.8) is 0 Å². The number of benzene rings is 2. The number of hydrogen-bond donors (Lipinski definition) is 1. The molecule has 1 fully saturated rings. The van der Waals surface area contributed by atoms with Crippen molar-refractivity contribution in [2.45, 2.75) is 13.8 Å². The third kappa shape index (κ3) is 2.90. The third-order valence-corrected chi connectivity index (χ3v) is 5.71. The van der Waals surface area contributed by atoms with E-state index in [0.717, 1.165) is 52.3 Å². The maximum Gasteiger partial charge on any atom is 0.338 e. The molecule has 0 radical (unpaired) electrons. The van der Waals surface area contributed by atoms with Gasteiger partial charge in [0, 0.05) is 30.4 Å². The molecule has 152 valence electrons. The Morgan fingerprint density at radius 1 is 1.13 bits per heavy atom. The first-order chi connectivity index (χ1) is 14.5. The van der Waals surface area contributed by atoms with Gasteiger partial charge in [-0.1, -0.05) is 12.1 Å². The number of ether oxygens (including phenoxy) is 1. The Kier molecular flexibility index (Phi) is 4.40. The van der Waals surface area contributed by atoms with E-state index in [1.54, 1.807) is 12.3 Å². The number of aromatic nitrogens is 3. The fourth-order valence-electron chi connectivity index (χ4n) is 4.30. The van der Waals surface area contributed by atoms with E-state index in [1.165, 1.54) is 0 Å². The van der Waals surface area contributed by atoms with Crippen molar-refractivity contribution in [2.75, 3.05) is 31.2 Å². The van der Waals surface area contributed by atoms with Gasteiger partial charge < -0.3 is 14.7 Å². The zero-order valence-corrected chi connectivity index (χ0v) is 16.9. The van der Waals surface area contributed by atoms with Crippen LogP contribution in [0.2, 0.25) is 0 Å². The molecular formula is C23H22N4O3.